The number of carbonyl (C=O) groups excluding carboxylic acids is 2. The van der Waals surface area contributed by atoms with Gasteiger partial charge in [0.2, 0.25) is 10.0 Å². The fourth-order valence-corrected chi connectivity index (χ4v) is 4.33. The first-order chi connectivity index (χ1) is 16.0. The number of aliphatic carboxylic acids is 1. The molecule has 0 saturated heterocycles. The minimum atomic E-state index is -3.51. The number of nitrogens with one attached hydrogen (secondary N) is 1. The lowest BCUT2D eigenvalue weighted by molar-refractivity contribution is -0.138. The second-order valence-electron chi connectivity index (χ2n) is 7.88. The summed E-state index contributed by atoms with van der Waals surface area (Å²) in [7, 11) is -0.570. The molecule has 3 N–H and O–H groups in total. The molecule has 11 heteroatoms. The van der Waals surface area contributed by atoms with E-state index in [1.54, 1.807) is 24.3 Å². The third kappa shape index (κ3) is 5.43. The van der Waals surface area contributed by atoms with Crippen molar-refractivity contribution in [3.63, 3.8) is 0 Å². The van der Waals surface area contributed by atoms with Crippen molar-refractivity contribution >= 4 is 27.8 Å². The first kappa shape index (κ1) is 24.9. The SMILES string of the molecule is CN(C)S(=O)(=O)c1ccc(-c2ccc(CN3CCC(O)=C(C(=O)NCC(=O)O)C3=O)cc2)cc1. The molecule has 34 heavy (non-hydrogen) atoms. The standard InChI is InChI=1S/C23H25N3O7S/c1-25(2)34(32,33)18-9-7-17(8-10-18)16-5-3-15(4-6-16)14-26-12-11-19(27)21(23(26)31)22(30)24-13-20(28)29/h3-10,27H,11-14H2,1-2H3,(H,24,30)(H,28,29). The number of carboxylic acids is 1. The Bertz CT molecular complexity index is 1230. The van der Waals surface area contributed by atoms with Gasteiger partial charge in [-0.05, 0) is 28.8 Å². The molecule has 0 spiro atoms. The van der Waals surface area contributed by atoms with E-state index in [4.69, 9.17) is 5.11 Å². The number of hydrogen-bond donors (Lipinski definition) is 3. The van der Waals surface area contributed by atoms with Crippen LogP contribution in [0.5, 0.6) is 0 Å². The van der Waals surface area contributed by atoms with Crippen molar-refractivity contribution in [2.24, 2.45) is 0 Å². The number of aliphatic hydroxyl groups is 1. The maximum atomic E-state index is 12.7. The lowest BCUT2D eigenvalue weighted by Gasteiger charge is -2.28. The number of rotatable bonds is 8. The molecule has 2 aromatic rings. The molecule has 1 aliphatic heterocycles. The minimum absolute atomic E-state index is 0.0852. The zero-order valence-electron chi connectivity index (χ0n) is 18.7. The molecule has 0 aliphatic carbocycles. The highest BCUT2D eigenvalue weighted by atomic mass is 32.2. The Kier molecular flexibility index (Phi) is 7.38. The third-order valence-electron chi connectivity index (χ3n) is 5.33. The second kappa shape index (κ2) is 10.1. The van der Waals surface area contributed by atoms with E-state index in [-0.39, 0.29) is 30.2 Å². The van der Waals surface area contributed by atoms with Gasteiger partial charge in [0.25, 0.3) is 11.8 Å². The minimum Gasteiger partial charge on any atom is -0.511 e. The number of aliphatic hydroxyl groups excluding tert-OH is 1. The predicted molar refractivity (Wildman–Crippen MR) is 123 cm³/mol. The first-order valence-electron chi connectivity index (χ1n) is 10.3. The van der Waals surface area contributed by atoms with Gasteiger partial charge in [-0.1, -0.05) is 36.4 Å². The van der Waals surface area contributed by atoms with Crippen LogP contribution in [-0.4, -0.2) is 72.8 Å². The molecule has 2 aromatic carbocycles. The summed E-state index contributed by atoms with van der Waals surface area (Å²) in [5, 5.41) is 20.8. The van der Waals surface area contributed by atoms with Crippen LogP contribution in [0.4, 0.5) is 0 Å². The number of nitrogens with zero attached hydrogens (tertiary/aromatic N) is 2. The number of benzene rings is 2. The highest BCUT2D eigenvalue weighted by Gasteiger charge is 2.32. The zero-order valence-corrected chi connectivity index (χ0v) is 19.5. The number of carbonyl (C=O) groups is 3. The largest absolute Gasteiger partial charge is 0.511 e. The third-order valence-corrected chi connectivity index (χ3v) is 7.16. The molecule has 1 heterocycles. The van der Waals surface area contributed by atoms with Crippen molar-refractivity contribution in [1.29, 1.82) is 0 Å². The van der Waals surface area contributed by atoms with Gasteiger partial charge in [0, 0.05) is 33.6 Å². The van der Waals surface area contributed by atoms with Gasteiger partial charge < -0.3 is 20.4 Å². The maximum Gasteiger partial charge on any atom is 0.322 e. The van der Waals surface area contributed by atoms with Crippen molar-refractivity contribution in [2.45, 2.75) is 17.9 Å². The van der Waals surface area contributed by atoms with Gasteiger partial charge in [-0.2, -0.15) is 0 Å². The molecule has 0 unspecified atom stereocenters. The van der Waals surface area contributed by atoms with E-state index in [0.717, 1.165) is 21.0 Å². The average molecular weight is 488 g/mol. The maximum absolute atomic E-state index is 12.7. The van der Waals surface area contributed by atoms with Crippen molar-refractivity contribution < 1.29 is 33.0 Å². The topological polar surface area (TPSA) is 144 Å². The van der Waals surface area contributed by atoms with Crippen molar-refractivity contribution in [3.05, 3.63) is 65.4 Å². The predicted octanol–water partition coefficient (Wildman–Crippen LogP) is 1.35. The summed E-state index contributed by atoms with van der Waals surface area (Å²) in [5.74, 6) is -3.22. The molecule has 3 rings (SSSR count). The first-order valence-corrected chi connectivity index (χ1v) is 11.8. The van der Waals surface area contributed by atoms with E-state index in [1.807, 2.05) is 24.3 Å². The molecule has 0 bridgehead atoms. The molecule has 0 atom stereocenters. The number of amides is 2. The number of hydrogen-bond acceptors (Lipinski definition) is 6. The van der Waals surface area contributed by atoms with Gasteiger partial charge in [-0.25, -0.2) is 12.7 Å². The molecule has 0 fully saturated rings. The van der Waals surface area contributed by atoms with E-state index in [1.165, 1.54) is 19.0 Å². The Labute approximate surface area is 197 Å². The van der Waals surface area contributed by atoms with Crippen LogP contribution in [0.25, 0.3) is 11.1 Å². The summed E-state index contributed by atoms with van der Waals surface area (Å²) in [6, 6.07) is 13.8. The van der Waals surface area contributed by atoms with E-state index in [0.29, 0.717) is 0 Å². The van der Waals surface area contributed by atoms with Crippen LogP contribution in [0.3, 0.4) is 0 Å². The Hall–Kier alpha value is -3.70. The molecule has 10 nitrogen and oxygen atoms in total. The quantitative estimate of drug-likeness (QED) is 0.477. The molecular formula is C23H25N3O7S. The van der Waals surface area contributed by atoms with Crippen molar-refractivity contribution in [3.8, 4) is 11.1 Å². The summed E-state index contributed by atoms with van der Waals surface area (Å²) in [4.78, 5) is 37.1. The van der Waals surface area contributed by atoms with E-state index in [9.17, 15) is 27.9 Å². The molecule has 0 radical (unpaired) electrons. The van der Waals surface area contributed by atoms with Crippen molar-refractivity contribution in [1.82, 2.24) is 14.5 Å². The normalized spacial score (nSPS) is 14.4. The van der Waals surface area contributed by atoms with Gasteiger partial charge in [0.15, 0.2) is 0 Å². The smallest absolute Gasteiger partial charge is 0.322 e. The Morgan fingerprint density at radius 3 is 2.12 bits per heavy atom. The van der Waals surface area contributed by atoms with Crippen LogP contribution in [-0.2, 0) is 31.0 Å². The zero-order chi connectivity index (χ0) is 25.0. The Balaban J connectivity index is 1.71. The Morgan fingerprint density at radius 2 is 1.59 bits per heavy atom. The summed E-state index contributed by atoms with van der Waals surface area (Å²) < 4.78 is 25.6. The Morgan fingerprint density at radius 1 is 1.03 bits per heavy atom. The van der Waals surface area contributed by atoms with E-state index >= 15 is 0 Å². The lowest BCUT2D eigenvalue weighted by Crippen LogP contribution is -2.43. The second-order valence-corrected chi connectivity index (χ2v) is 10.0. The monoisotopic (exact) mass is 487 g/mol. The number of carboxylic acid groups (broad SMARTS) is 1. The van der Waals surface area contributed by atoms with Crippen LogP contribution < -0.4 is 5.32 Å². The van der Waals surface area contributed by atoms with Crippen LogP contribution in [0.15, 0.2) is 64.8 Å². The van der Waals surface area contributed by atoms with E-state index in [2.05, 4.69) is 5.32 Å². The summed E-state index contributed by atoms with van der Waals surface area (Å²) in [6.45, 7) is -0.252. The van der Waals surface area contributed by atoms with Crippen LogP contribution in [0, 0.1) is 0 Å². The van der Waals surface area contributed by atoms with Gasteiger partial charge in [-0.15, -0.1) is 0 Å². The summed E-state index contributed by atoms with van der Waals surface area (Å²) >= 11 is 0. The fourth-order valence-electron chi connectivity index (χ4n) is 3.43. The highest BCUT2D eigenvalue weighted by molar-refractivity contribution is 7.89. The van der Waals surface area contributed by atoms with Crippen LogP contribution >= 0.6 is 0 Å². The van der Waals surface area contributed by atoms with Crippen LogP contribution in [0.1, 0.15) is 12.0 Å². The molecule has 0 aromatic heterocycles. The van der Waals surface area contributed by atoms with Gasteiger partial charge >= 0.3 is 5.97 Å². The average Bonchev–Trinajstić information content (AvgIpc) is 2.80. The summed E-state index contributed by atoms with van der Waals surface area (Å²) in [5.41, 5.74) is 2.02. The highest BCUT2D eigenvalue weighted by Crippen LogP contribution is 2.24. The van der Waals surface area contributed by atoms with Gasteiger partial charge in [0.1, 0.15) is 17.9 Å². The molecule has 0 saturated carbocycles. The molecule has 1 aliphatic rings. The lowest BCUT2D eigenvalue weighted by atomic mass is 10.0. The van der Waals surface area contributed by atoms with Crippen molar-refractivity contribution in [2.75, 3.05) is 27.2 Å². The molecule has 180 valence electrons. The fraction of sp³-hybridized carbons (Fsp3) is 0.261. The molecular weight excluding hydrogens is 462 g/mol. The summed E-state index contributed by atoms with van der Waals surface area (Å²) in [6.07, 6.45) is 0.0852. The number of sulfonamides is 1. The molecule has 2 amide bonds. The van der Waals surface area contributed by atoms with Gasteiger partial charge in [-0.3, -0.25) is 14.4 Å². The van der Waals surface area contributed by atoms with E-state index < -0.39 is 39.9 Å². The van der Waals surface area contributed by atoms with Gasteiger partial charge in [0.05, 0.1) is 4.90 Å². The van der Waals surface area contributed by atoms with Crippen LogP contribution in [0.2, 0.25) is 0 Å².